The van der Waals surface area contributed by atoms with E-state index >= 15 is 0 Å². The van der Waals surface area contributed by atoms with Crippen molar-refractivity contribution in [2.24, 2.45) is 0 Å². The summed E-state index contributed by atoms with van der Waals surface area (Å²) in [5.74, 6) is 1.09. The SMILES string of the molecule is O=C1CC2(CCN(c3cnccn3)CC2)c2ccccc2N1c1ccccc1. The van der Waals surface area contributed by atoms with Gasteiger partial charge in [-0.05, 0) is 36.6 Å². The van der Waals surface area contributed by atoms with Gasteiger partial charge in [-0.1, -0.05) is 36.4 Å². The van der Waals surface area contributed by atoms with Gasteiger partial charge in [-0.3, -0.25) is 14.7 Å². The Morgan fingerprint density at radius 2 is 1.64 bits per heavy atom. The number of rotatable bonds is 2. The van der Waals surface area contributed by atoms with E-state index in [0.717, 1.165) is 43.1 Å². The maximum atomic E-state index is 13.3. The standard InChI is InChI=1S/C23H22N4O/c28-22-16-23(10-14-26(15-11-23)21-17-24-12-13-25-21)19-8-4-5-9-20(19)27(22)18-6-2-1-3-7-18/h1-9,12-13,17H,10-11,14-16H2. The molecule has 0 unspecified atom stereocenters. The van der Waals surface area contributed by atoms with Crippen LogP contribution in [0.25, 0.3) is 0 Å². The van der Waals surface area contributed by atoms with E-state index in [1.807, 2.05) is 47.5 Å². The van der Waals surface area contributed by atoms with E-state index in [4.69, 9.17) is 0 Å². The van der Waals surface area contributed by atoms with Crippen molar-refractivity contribution in [1.29, 1.82) is 0 Å². The summed E-state index contributed by atoms with van der Waals surface area (Å²) in [5.41, 5.74) is 3.15. The second-order valence-electron chi connectivity index (χ2n) is 7.59. The molecular formula is C23H22N4O. The van der Waals surface area contributed by atoms with E-state index in [9.17, 15) is 4.79 Å². The molecule has 0 atom stereocenters. The molecule has 0 bridgehead atoms. The van der Waals surface area contributed by atoms with E-state index in [-0.39, 0.29) is 11.3 Å². The van der Waals surface area contributed by atoms with Crippen molar-refractivity contribution in [2.75, 3.05) is 22.9 Å². The lowest BCUT2D eigenvalue weighted by molar-refractivity contribution is -0.119. The topological polar surface area (TPSA) is 49.3 Å². The number of piperidine rings is 1. The Morgan fingerprint density at radius 1 is 0.893 bits per heavy atom. The maximum absolute atomic E-state index is 13.3. The average Bonchev–Trinajstić information content (AvgIpc) is 2.76. The van der Waals surface area contributed by atoms with Crippen LogP contribution in [0.15, 0.2) is 73.2 Å². The first-order valence-corrected chi connectivity index (χ1v) is 9.75. The average molecular weight is 370 g/mol. The number of para-hydroxylation sites is 2. The molecular weight excluding hydrogens is 348 g/mol. The van der Waals surface area contributed by atoms with Crippen LogP contribution < -0.4 is 9.80 Å². The smallest absolute Gasteiger partial charge is 0.232 e. The Bertz CT molecular complexity index is 982. The number of hydrogen-bond acceptors (Lipinski definition) is 4. The van der Waals surface area contributed by atoms with Crippen molar-refractivity contribution in [2.45, 2.75) is 24.7 Å². The number of hydrogen-bond donors (Lipinski definition) is 0. The number of amides is 1. The number of nitrogens with zero attached hydrogens (tertiary/aromatic N) is 4. The van der Waals surface area contributed by atoms with E-state index in [2.05, 4.69) is 33.1 Å². The molecule has 5 heteroatoms. The number of fused-ring (bicyclic) bond motifs is 2. The fraction of sp³-hybridized carbons (Fsp3) is 0.261. The van der Waals surface area contributed by atoms with Gasteiger partial charge in [0, 0.05) is 43.0 Å². The monoisotopic (exact) mass is 370 g/mol. The van der Waals surface area contributed by atoms with Crippen LogP contribution >= 0.6 is 0 Å². The third kappa shape index (κ3) is 2.74. The van der Waals surface area contributed by atoms with E-state index in [0.29, 0.717) is 6.42 Å². The number of anilines is 3. The molecule has 2 aromatic carbocycles. The van der Waals surface area contributed by atoms with E-state index in [1.165, 1.54) is 5.56 Å². The normalized spacial score (nSPS) is 18.2. The van der Waals surface area contributed by atoms with Crippen molar-refractivity contribution in [3.63, 3.8) is 0 Å². The zero-order chi connectivity index (χ0) is 19.0. The van der Waals surface area contributed by atoms with Crippen LogP contribution in [0.1, 0.15) is 24.8 Å². The molecule has 28 heavy (non-hydrogen) atoms. The number of benzene rings is 2. The van der Waals surface area contributed by atoms with Crippen molar-refractivity contribution in [3.8, 4) is 0 Å². The van der Waals surface area contributed by atoms with Gasteiger partial charge in [-0.15, -0.1) is 0 Å². The second kappa shape index (κ2) is 6.75. The third-order valence-corrected chi connectivity index (χ3v) is 6.06. The van der Waals surface area contributed by atoms with Gasteiger partial charge in [0.1, 0.15) is 5.82 Å². The lowest BCUT2D eigenvalue weighted by Gasteiger charge is -2.47. The first-order valence-electron chi connectivity index (χ1n) is 9.75. The highest BCUT2D eigenvalue weighted by Gasteiger charge is 2.45. The molecule has 5 nitrogen and oxygen atoms in total. The van der Waals surface area contributed by atoms with Crippen molar-refractivity contribution >= 4 is 23.1 Å². The van der Waals surface area contributed by atoms with Crippen molar-refractivity contribution < 1.29 is 4.79 Å². The zero-order valence-electron chi connectivity index (χ0n) is 15.7. The Hall–Kier alpha value is -3.21. The molecule has 0 saturated carbocycles. The summed E-state index contributed by atoms with van der Waals surface area (Å²) in [6.07, 6.45) is 7.67. The second-order valence-corrected chi connectivity index (χ2v) is 7.59. The highest BCUT2D eigenvalue weighted by atomic mass is 16.2. The van der Waals surface area contributed by atoms with E-state index in [1.54, 1.807) is 12.4 Å². The third-order valence-electron chi connectivity index (χ3n) is 6.06. The fourth-order valence-electron chi connectivity index (χ4n) is 4.64. The summed E-state index contributed by atoms with van der Waals surface area (Å²) in [7, 11) is 0. The summed E-state index contributed by atoms with van der Waals surface area (Å²) < 4.78 is 0. The Kier molecular flexibility index (Phi) is 4.08. The number of aromatic nitrogens is 2. The molecule has 3 aromatic rings. The molecule has 0 radical (unpaired) electrons. The lowest BCUT2D eigenvalue weighted by atomic mass is 9.67. The van der Waals surface area contributed by atoms with Crippen LogP contribution in [0.5, 0.6) is 0 Å². The molecule has 3 heterocycles. The summed E-state index contributed by atoms with van der Waals surface area (Å²) in [5, 5.41) is 0. The maximum Gasteiger partial charge on any atom is 0.232 e. The van der Waals surface area contributed by atoms with Gasteiger partial charge >= 0.3 is 0 Å². The fourth-order valence-corrected chi connectivity index (χ4v) is 4.64. The van der Waals surface area contributed by atoms with Gasteiger partial charge < -0.3 is 4.90 Å². The molecule has 1 fully saturated rings. The molecule has 2 aliphatic heterocycles. The predicted molar refractivity (Wildman–Crippen MR) is 110 cm³/mol. The van der Waals surface area contributed by atoms with Gasteiger partial charge in [-0.2, -0.15) is 0 Å². The number of carbonyl (C=O) groups excluding carboxylic acids is 1. The molecule has 1 aromatic heterocycles. The van der Waals surface area contributed by atoms with Gasteiger partial charge in [0.15, 0.2) is 0 Å². The Balaban J connectivity index is 1.49. The zero-order valence-corrected chi connectivity index (χ0v) is 15.7. The minimum absolute atomic E-state index is 0.0995. The van der Waals surface area contributed by atoms with Crippen LogP contribution in [-0.4, -0.2) is 29.0 Å². The Labute approximate surface area is 164 Å². The molecule has 1 spiro atoms. The Morgan fingerprint density at radius 3 is 2.39 bits per heavy atom. The van der Waals surface area contributed by atoms with E-state index < -0.39 is 0 Å². The van der Waals surface area contributed by atoms with Crippen LogP contribution in [0.3, 0.4) is 0 Å². The van der Waals surface area contributed by atoms with Crippen molar-refractivity contribution in [1.82, 2.24) is 9.97 Å². The minimum atomic E-state index is -0.0995. The minimum Gasteiger partial charge on any atom is -0.355 e. The van der Waals surface area contributed by atoms with Gasteiger partial charge in [0.25, 0.3) is 0 Å². The predicted octanol–water partition coefficient (Wildman–Crippen LogP) is 4.08. The molecule has 0 N–H and O–H groups in total. The van der Waals surface area contributed by atoms with Crippen LogP contribution in [0.4, 0.5) is 17.2 Å². The summed E-state index contributed by atoms with van der Waals surface area (Å²) in [6.45, 7) is 1.76. The highest BCUT2D eigenvalue weighted by Crippen LogP contribution is 2.49. The largest absolute Gasteiger partial charge is 0.355 e. The van der Waals surface area contributed by atoms with Gasteiger partial charge in [-0.25, -0.2) is 4.98 Å². The first-order chi connectivity index (χ1) is 13.8. The van der Waals surface area contributed by atoms with Crippen LogP contribution in [-0.2, 0) is 10.2 Å². The quantitative estimate of drug-likeness (QED) is 0.682. The highest BCUT2D eigenvalue weighted by molar-refractivity contribution is 6.04. The molecule has 2 aliphatic rings. The molecule has 5 rings (SSSR count). The van der Waals surface area contributed by atoms with Gasteiger partial charge in [0.05, 0.1) is 11.9 Å². The molecule has 140 valence electrons. The summed E-state index contributed by atoms with van der Waals surface area (Å²) in [6, 6.07) is 18.3. The molecule has 0 aliphatic carbocycles. The molecule has 1 saturated heterocycles. The first kappa shape index (κ1) is 16.9. The van der Waals surface area contributed by atoms with Crippen LogP contribution in [0, 0.1) is 0 Å². The summed E-state index contributed by atoms with van der Waals surface area (Å²) >= 11 is 0. The summed E-state index contributed by atoms with van der Waals surface area (Å²) in [4.78, 5) is 26.1. The lowest BCUT2D eigenvalue weighted by Crippen LogP contribution is -2.49. The molecule has 1 amide bonds. The van der Waals surface area contributed by atoms with Crippen LogP contribution in [0.2, 0.25) is 0 Å². The van der Waals surface area contributed by atoms with Crippen molar-refractivity contribution in [3.05, 3.63) is 78.8 Å². The number of carbonyl (C=O) groups is 1. The van der Waals surface area contributed by atoms with Gasteiger partial charge in [0.2, 0.25) is 5.91 Å².